The standard InChI is InChI=1S/C13H20N2O5S.Na/c1-5(2)14-9(17)7(16)6-10(18)15-8(12(19)20)13(3,4)21-11(6)15;/h5-8,11,16H,1-4H3,(H,14,17)(H,19,20);/q;+1/p-1/t6-,7+,8+,11-;/m1./s1. The van der Waals surface area contributed by atoms with Crippen molar-refractivity contribution in [1.82, 2.24) is 10.2 Å². The molecule has 2 rings (SSSR count). The molecule has 2 amide bonds. The van der Waals surface area contributed by atoms with Crippen LogP contribution in [0.3, 0.4) is 0 Å². The van der Waals surface area contributed by atoms with Gasteiger partial charge in [0.1, 0.15) is 12.0 Å². The molecule has 0 aromatic heterocycles. The number of amides is 2. The van der Waals surface area contributed by atoms with E-state index in [0.29, 0.717) is 0 Å². The van der Waals surface area contributed by atoms with Gasteiger partial charge in [0.15, 0.2) is 0 Å². The van der Waals surface area contributed by atoms with Gasteiger partial charge in [-0.1, -0.05) is 0 Å². The van der Waals surface area contributed by atoms with Crippen LogP contribution in [0.4, 0.5) is 0 Å². The first-order valence-electron chi connectivity index (χ1n) is 6.77. The Morgan fingerprint density at radius 1 is 1.41 bits per heavy atom. The Hall–Kier alpha value is -0.280. The van der Waals surface area contributed by atoms with Gasteiger partial charge < -0.3 is 25.2 Å². The van der Waals surface area contributed by atoms with Crippen molar-refractivity contribution in [2.24, 2.45) is 5.92 Å². The summed E-state index contributed by atoms with van der Waals surface area (Å²) in [7, 11) is 0. The van der Waals surface area contributed by atoms with Gasteiger partial charge in [0, 0.05) is 10.8 Å². The summed E-state index contributed by atoms with van der Waals surface area (Å²) in [5, 5.41) is 23.3. The van der Waals surface area contributed by atoms with E-state index >= 15 is 0 Å². The van der Waals surface area contributed by atoms with Gasteiger partial charge in [-0.25, -0.2) is 0 Å². The Morgan fingerprint density at radius 3 is 2.41 bits per heavy atom. The number of carbonyl (C=O) groups is 3. The summed E-state index contributed by atoms with van der Waals surface area (Å²) in [4.78, 5) is 36.4. The van der Waals surface area contributed by atoms with Crippen molar-refractivity contribution >= 4 is 29.5 Å². The molecule has 2 aliphatic heterocycles. The van der Waals surface area contributed by atoms with E-state index in [0.717, 1.165) is 0 Å². The van der Waals surface area contributed by atoms with Gasteiger partial charge in [0.25, 0.3) is 0 Å². The SMILES string of the molecule is CC(C)NC(=O)[C@@H](O)[C@@H]1C(=O)N2[C@@H]1SC(C)(C)[C@@H]2C(=O)[O-].[Na+]. The van der Waals surface area contributed by atoms with Crippen molar-refractivity contribution in [2.75, 3.05) is 0 Å². The first-order chi connectivity index (χ1) is 9.58. The first-order valence-corrected chi connectivity index (χ1v) is 7.65. The topological polar surface area (TPSA) is 110 Å². The van der Waals surface area contributed by atoms with Crippen LogP contribution in [0.1, 0.15) is 27.7 Å². The third-order valence-corrected chi connectivity index (χ3v) is 5.34. The smallest absolute Gasteiger partial charge is 0.548 e. The number of aliphatic hydroxyl groups excluding tert-OH is 1. The number of rotatable bonds is 4. The van der Waals surface area contributed by atoms with Crippen LogP contribution in [-0.4, -0.2) is 56.1 Å². The van der Waals surface area contributed by atoms with Gasteiger partial charge in [-0.2, -0.15) is 0 Å². The van der Waals surface area contributed by atoms with E-state index in [1.54, 1.807) is 27.7 Å². The Kier molecular flexibility index (Phi) is 6.01. The summed E-state index contributed by atoms with van der Waals surface area (Å²) in [6, 6.07) is -1.20. The molecule has 0 bridgehead atoms. The molecule has 0 unspecified atom stereocenters. The molecule has 2 saturated heterocycles. The van der Waals surface area contributed by atoms with Crippen LogP contribution in [0.5, 0.6) is 0 Å². The molecular weight excluding hydrogens is 319 g/mol. The summed E-state index contributed by atoms with van der Waals surface area (Å²) in [5.74, 6) is -3.35. The molecule has 118 valence electrons. The van der Waals surface area contributed by atoms with Crippen LogP contribution in [-0.2, 0) is 14.4 Å². The van der Waals surface area contributed by atoms with Crippen LogP contribution in [0.25, 0.3) is 0 Å². The van der Waals surface area contributed by atoms with Gasteiger partial charge >= 0.3 is 29.6 Å². The molecule has 2 heterocycles. The molecule has 0 aliphatic carbocycles. The van der Waals surface area contributed by atoms with E-state index < -0.39 is 46.0 Å². The molecule has 22 heavy (non-hydrogen) atoms. The number of carboxylic acids is 1. The maximum atomic E-state index is 12.2. The van der Waals surface area contributed by atoms with E-state index in [4.69, 9.17) is 0 Å². The molecule has 0 aromatic carbocycles. The largest absolute Gasteiger partial charge is 1.00 e. The number of aliphatic carboxylic acids is 1. The number of carbonyl (C=O) groups excluding carboxylic acids is 3. The quantitative estimate of drug-likeness (QED) is 0.394. The van der Waals surface area contributed by atoms with Crippen molar-refractivity contribution in [3.63, 3.8) is 0 Å². The monoisotopic (exact) mass is 338 g/mol. The third kappa shape index (κ3) is 3.17. The Bertz CT molecular complexity index is 499. The molecule has 4 atom stereocenters. The summed E-state index contributed by atoms with van der Waals surface area (Å²) < 4.78 is -0.720. The molecule has 2 aliphatic rings. The molecule has 9 heteroatoms. The van der Waals surface area contributed by atoms with E-state index in [1.165, 1.54) is 16.7 Å². The third-order valence-electron chi connectivity index (χ3n) is 3.75. The predicted molar refractivity (Wildman–Crippen MR) is 73.9 cm³/mol. The van der Waals surface area contributed by atoms with Crippen molar-refractivity contribution < 1.29 is 54.2 Å². The number of thioether (sulfide) groups is 1. The van der Waals surface area contributed by atoms with E-state index in [1.807, 2.05) is 0 Å². The first kappa shape index (κ1) is 19.8. The fraction of sp³-hybridized carbons (Fsp3) is 0.769. The molecule has 2 N–H and O–H groups in total. The summed E-state index contributed by atoms with van der Waals surface area (Å²) in [5.41, 5.74) is 0. The molecule has 0 spiro atoms. The normalized spacial score (nSPS) is 30.2. The Labute approximate surface area is 155 Å². The summed E-state index contributed by atoms with van der Waals surface area (Å²) in [6.45, 7) is 6.92. The van der Waals surface area contributed by atoms with Crippen molar-refractivity contribution in [3.05, 3.63) is 0 Å². The van der Waals surface area contributed by atoms with Crippen LogP contribution in [0, 0.1) is 5.92 Å². The molecule has 0 aromatic rings. The van der Waals surface area contributed by atoms with Gasteiger partial charge in [-0.15, -0.1) is 11.8 Å². The van der Waals surface area contributed by atoms with Gasteiger partial charge in [-0.3, -0.25) is 9.59 Å². The Balaban J connectivity index is 0.00000242. The zero-order valence-corrected chi connectivity index (χ0v) is 16.1. The fourth-order valence-electron chi connectivity index (χ4n) is 2.85. The second-order valence-corrected chi connectivity index (χ2v) is 7.98. The van der Waals surface area contributed by atoms with Crippen molar-refractivity contribution in [1.29, 1.82) is 0 Å². The predicted octanol–water partition coefficient (Wildman–Crippen LogP) is -4.70. The van der Waals surface area contributed by atoms with Crippen molar-refractivity contribution in [3.8, 4) is 0 Å². The minimum absolute atomic E-state index is 0. The van der Waals surface area contributed by atoms with E-state index in [2.05, 4.69) is 5.32 Å². The van der Waals surface area contributed by atoms with Crippen molar-refractivity contribution in [2.45, 2.75) is 56.0 Å². The minimum atomic E-state index is -1.47. The number of nitrogens with zero attached hydrogens (tertiary/aromatic N) is 1. The molecule has 0 saturated carbocycles. The average molecular weight is 338 g/mol. The number of aliphatic hydroxyl groups is 1. The summed E-state index contributed by atoms with van der Waals surface area (Å²) in [6.07, 6.45) is -1.47. The van der Waals surface area contributed by atoms with Gasteiger partial charge in [0.05, 0.1) is 17.4 Å². The zero-order chi connectivity index (χ0) is 16.1. The fourth-order valence-corrected chi connectivity index (χ4v) is 4.56. The maximum absolute atomic E-state index is 12.2. The van der Waals surface area contributed by atoms with E-state index in [-0.39, 0.29) is 35.6 Å². The number of β-lactam (4-membered cyclic amide) rings is 1. The molecule has 2 fully saturated rings. The maximum Gasteiger partial charge on any atom is 1.00 e. The van der Waals surface area contributed by atoms with Gasteiger partial charge in [0.2, 0.25) is 11.8 Å². The van der Waals surface area contributed by atoms with Crippen LogP contribution in [0.15, 0.2) is 0 Å². The summed E-state index contributed by atoms with van der Waals surface area (Å²) >= 11 is 1.27. The number of fused-ring (bicyclic) bond motifs is 1. The second kappa shape index (κ2) is 6.68. The molecule has 7 nitrogen and oxygen atoms in total. The Morgan fingerprint density at radius 2 is 1.95 bits per heavy atom. The van der Waals surface area contributed by atoms with Crippen LogP contribution < -0.4 is 40.0 Å². The average Bonchev–Trinajstić information content (AvgIpc) is 2.56. The number of hydrogen-bond donors (Lipinski definition) is 2. The second-order valence-electron chi connectivity index (χ2n) is 6.21. The minimum Gasteiger partial charge on any atom is -0.548 e. The number of nitrogens with one attached hydrogen (secondary N) is 1. The molecule has 0 radical (unpaired) electrons. The van der Waals surface area contributed by atoms with Gasteiger partial charge in [-0.05, 0) is 27.7 Å². The molecular formula is C13H19N2NaO5S. The zero-order valence-electron chi connectivity index (χ0n) is 13.3. The number of hydrogen-bond acceptors (Lipinski definition) is 6. The van der Waals surface area contributed by atoms with Crippen LogP contribution >= 0.6 is 11.8 Å². The van der Waals surface area contributed by atoms with E-state index in [9.17, 15) is 24.6 Å². The number of carboxylic acid groups (broad SMARTS) is 1. The van der Waals surface area contributed by atoms with Crippen LogP contribution in [0.2, 0.25) is 0 Å².